The summed E-state index contributed by atoms with van der Waals surface area (Å²) in [6.07, 6.45) is 2.34. The number of piperazine rings is 1. The van der Waals surface area contributed by atoms with Crippen molar-refractivity contribution in [3.05, 3.63) is 53.2 Å². The Labute approximate surface area is 257 Å². The lowest BCUT2D eigenvalue weighted by Crippen LogP contribution is -2.55. The monoisotopic (exact) mass is 621 g/mol. The van der Waals surface area contributed by atoms with Crippen molar-refractivity contribution in [3.8, 4) is 23.3 Å². The molecule has 2 atom stereocenters. The first kappa shape index (κ1) is 29.7. The van der Waals surface area contributed by atoms with Gasteiger partial charge in [0.05, 0.1) is 28.9 Å². The number of hydrogen-bond acceptors (Lipinski definition) is 8. The summed E-state index contributed by atoms with van der Waals surface area (Å²) in [7, 11) is 0. The van der Waals surface area contributed by atoms with E-state index >= 15 is 4.39 Å². The number of likely N-dealkylation sites (N-methyl/N-ethyl adjacent to an activating group) is 1. The number of pyridine rings is 1. The molecule has 1 N–H and O–H groups in total. The fraction of sp³-hybridized carbons (Fsp3) is 0.387. The summed E-state index contributed by atoms with van der Waals surface area (Å²) in [5.74, 6) is -1.05. The number of anilines is 1. The summed E-state index contributed by atoms with van der Waals surface area (Å²) in [6.45, 7) is 4.81. The molecule has 0 radical (unpaired) electrons. The van der Waals surface area contributed by atoms with E-state index in [-0.39, 0.29) is 54.3 Å². The number of halogens is 3. The van der Waals surface area contributed by atoms with Crippen molar-refractivity contribution in [3.63, 3.8) is 0 Å². The van der Waals surface area contributed by atoms with Crippen molar-refractivity contribution in [2.45, 2.75) is 38.3 Å². The van der Waals surface area contributed by atoms with Gasteiger partial charge in [-0.15, -0.1) is 0 Å². The highest BCUT2D eigenvalue weighted by molar-refractivity contribution is 6.36. The van der Waals surface area contributed by atoms with Crippen molar-refractivity contribution < 1.29 is 23.4 Å². The Morgan fingerprint density at radius 2 is 2.02 bits per heavy atom. The minimum Gasteiger partial charge on any atom is -0.465 e. The van der Waals surface area contributed by atoms with E-state index in [1.165, 1.54) is 17.2 Å². The molecule has 10 nitrogen and oxygen atoms in total. The second-order valence-electron chi connectivity index (χ2n) is 11.0. The fourth-order valence-electron chi connectivity index (χ4n) is 6.27. The standard InChI is InChI=1S/C31H30ClF2N7O3/c1-2-39-12-4-6-20(39)17-44-30-37-28-22(29(38-30)40-13-14-41(31(42)43)19(16-40)10-11-35)15-36-27(26(28)34)21-7-3-5-18-8-9-23(33)25(32)24(18)21/h3,5,7-9,15,19-20H,2,4,6,10,12-14,16-17H2,1H3,(H,42,43). The van der Waals surface area contributed by atoms with Crippen LogP contribution in [0.25, 0.3) is 32.9 Å². The topological polar surface area (TPSA) is 119 Å². The second kappa shape index (κ2) is 12.3. The van der Waals surface area contributed by atoms with E-state index in [0.717, 1.165) is 25.9 Å². The first-order valence-corrected chi connectivity index (χ1v) is 14.9. The van der Waals surface area contributed by atoms with E-state index in [1.807, 2.05) is 4.90 Å². The third-order valence-electron chi connectivity index (χ3n) is 8.50. The van der Waals surface area contributed by atoms with E-state index in [4.69, 9.17) is 16.3 Å². The third kappa shape index (κ3) is 5.42. The molecule has 2 fully saturated rings. The molecule has 13 heteroatoms. The average Bonchev–Trinajstić information content (AvgIpc) is 3.49. The zero-order valence-corrected chi connectivity index (χ0v) is 24.8. The van der Waals surface area contributed by atoms with Crippen LogP contribution in [0.15, 0.2) is 36.5 Å². The Hall–Kier alpha value is -4.34. The van der Waals surface area contributed by atoms with E-state index in [2.05, 4.69) is 32.8 Å². The quantitative estimate of drug-likeness (QED) is 0.276. The Balaban J connectivity index is 1.47. The Morgan fingerprint density at radius 1 is 1.18 bits per heavy atom. The molecule has 2 aliphatic rings. The summed E-state index contributed by atoms with van der Waals surface area (Å²) < 4.78 is 37.1. The molecule has 0 bridgehead atoms. The number of rotatable bonds is 7. The maximum Gasteiger partial charge on any atom is 0.407 e. The summed E-state index contributed by atoms with van der Waals surface area (Å²) in [5, 5.41) is 20.1. The van der Waals surface area contributed by atoms with Crippen LogP contribution >= 0.6 is 11.6 Å². The van der Waals surface area contributed by atoms with Gasteiger partial charge in [-0.25, -0.2) is 13.6 Å². The van der Waals surface area contributed by atoms with Gasteiger partial charge in [0.2, 0.25) is 0 Å². The number of aromatic nitrogens is 3. The Morgan fingerprint density at radius 3 is 2.80 bits per heavy atom. The fourth-order valence-corrected chi connectivity index (χ4v) is 6.55. The van der Waals surface area contributed by atoms with E-state index in [0.29, 0.717) is 34.1 Å². The van der Waals surface area contributed by atoms with Gasteiger partial charge in [0.25, 0.3) is 0 Å². The van der Waals surface area contributed by atoms with Crippen molar-refractivity contribution in [1.82, 2.24) is 24.8 Å². The average molecular weight is 622 g/mol. The Kier molecular flexibility index (Phi) is 8.33. The van der Waals surface area contributed by atoms with Gasteiger partial charge in [0.15, 0.2) is 5.82 Å². The zero-order chi connectivity index (χ0) is 31.0. The number of amides is 1. The van der Waals surface area contributed by atoms with Gasteiger partial charge in [-0.3, -0.25) is 9.88 Å². The molecular weight excluding hydrogens is 592 g/mol. The largest absolute Gasteiger partial charge is 0.465 e. The van der Waals surface area contributed by atoms with E-state index in [9.17, 15) is 19.6 Å². The third-order valence-corrected chi connectivity index (χ3v) is 8.87. The van der Waals surface area contributed by atoms with Crippen LogP contribution < -0.4 is 9.64 Å². The minimum atomic E-state index is -1.11. The van der Waals surface area contributed by atoms with Gasteiger partial charge >= 0.3 is 12.1 Å². The summed E-state index contributed by atoms with van der Waals surface area (Å²) in [6, 6.07) is 9.53. The van der Waals surface area contributed by atoms with Crippen LogP contribution in [0.2, 0.25) is 5.02 Å². The van der Waals surface area contributed by atoms with Crippen LogP contribution in [0.1, 0.15) is 26.2 Å². The number of nitrogens with zero attached hydrogens (tertiary/aromatic N) is 7. The normalized spacial score (nSPS) is 19.1. The maximum atomic E-state index is 16.6. The number of carbonyl (C=O) groups is 1. The molecule has 2 unspecified atom stereocenters. The van der Waals surface area contributed by atoms with Gasteiger partial charge in [-0.2, -0.15) is 15.2 Å². The van der Waals surface area contributed by atoms with Crippen molar-refractivity contribution in [2.24, 2.45) is 0 Å². The van der Waals surface area contributed by atoms with Crippen LogP contribution in [0.4, 0.5) is 19.4 Å². The molecule has 0 aliphatic carbocycles. The molecular formula is C31H30ClF2N7O3. The zero-order valence-electron chi connectivity index (χ0n) is 24.0. The smallest absolute Gasteiger partial charge is 0.407 e. The molecule has 228 valence electrons. The molecule has 2 aromatic heterocycles. The number of fused-ring (bicyclic) bond motifs is 2. The predicted octanol–water partition coefficient (Wildman–Crippen LogP) is 5.72. The SMILES string of the molecule is CCN1CCCC1COc1nc(N2CCN(C(=O)O)C(CC#N)C2)c2cnc(-c3cccc4ccc(F)c(Cl)c34)c(F)c2n1. The van der Waals surface area contributed by atoms with Crippen LogP contribution in [0, 0.1) is 23.0 Å². The lowest BCUT2D eigenvalue weighted by atomic mass is 10.0. The van der Waals surface area contributed by atoms with Crippen molar-refractivity contribution in [1.29, 1.82) is 5.26 Å². The van der Waals surface area contributed by atoms with Gasteiger partial charge < -0.3 is 19.6 Å². The molecule has 2 saturated heterocycles. The summed E-state index contributed by atoms with van der Waals surface area (Å²) in [5.41, 5.74) is 0.204. The lowest BCUT2D eigenvalue weighted by Gasteiger charge is -2.39. The van der Waals surface area contributed by atoms with E-state index in [1.54, 1.807) is 24.3 Å². The first-order valence-electron chi connectivity index (χ1n) is 14.5. The molecule has 1 amide bonds. The molecule has 0 saturated carbocycles. The first-order chi connectivity index (χ1) is 21.3. The van der Waals surface area contributed by atoms with Gasteiger partial charge in [-0.1, -0.05) is 42.8 Å². The molecule has 4 heterocycles. The van der Waals surface area contributed by atoms with Crippen LogP contribution in [0.3, 0.4) is 0 Å². The van der Waals surface area contributed by atoms with E-state index < -0.39 is 23.8 Å². The lowest BCUT2D eigenvalue weighted by molar-refractivity contribution is 0.119. The minimum absolute atomic E-state index is 0.0150. The Bertz CT molecular complexity index is 1790. The number of likely N-dealkylation sites (tertiary alicyclic amines) is 1. The highest BCUT2D eigenvalue weighted by Crippen LogP contribution is 2.38. The molecule has 2 aromatic carbocycles. The highest BCUT2D eigenvalue weighted by atomic mass is 35.5. The molecule has 44 heavy (non-hydrogen) atoms. The number of benzene rings is 2. The van der Waals surface area contributed by atoms with Crippen LogP contribution in [0.5, 0.6) is 6.01 Å². The van der Waals surface area contributed by atoms with Gasteiger partial charge in [0.1, 0.15) is 29.5 Å². The van der Waals surface area contributed by atoms with Gasteiger partial charge in [0, 0.05) is 42.8 Å². The van der Waals surface area contributed by atoms with Gasteiger partial charge in [-0.05, 0) is 37.4 Å². The molecule has 0 spiro atoms. The summed E-state index contributed by atoms with van der Waals surface area (Å²) in [4.78, 5) is 30.8. The summed E-state index contributed by atoms with van der Waals surface area (Å²) >= 11 is 6.35. The van der Waals surface area contributed by atoms with Crippen LogP contribution in [-0.2, 0) is 0 Å². The molecule has 4 aromatic rings. The number of hydrogen-bond donors (Lipinski definition) is 1. The van der Waals surface area contributed by atoms with Crippen molar-refractivity contribution in [2.75, 3.05) is 44.2 Å². The number of nitriles is 1. The van der Waals surface area contributed by atoms with Crippen LogP contribution in [-0.4, -0.2) is 87.4 Å². The van der Waals surface area contributed by atoms with Crippen molar-refractivity contribution >= 4 is 45.2 Å². The number of ether oxygens (including phenoxy) is 1. The number of carboxylic acid groups (broad SMARTS) is 1. The maximum absolute atomic E-state index is 16.6. The molecule has 2 aliphatic heterocycles. The molecule has 6 rings (SSSR count). The predicted molar refractivity (Wildman–Crippen MR) is 162 cm³/mol. The highest BCUT2D eigenvalue weighted by Gasteiger charge is 2.33. The second-order valence-corrected chi connectivity index (χ2v) is 11.3.